The van der Waals surface area contributed by atoms with E-state index < -0.39 is 0 Å². The van der Waals surface area contributed by atoms with Crippen molar-refractivity contribution in [2.75, 3.05) is 33.3 Å². The number of halogens is 1. The van der Waals surface area contributed by atoms with Crippen LogP contribution in [0.2, 0.25) is 5.02 Å². The van der Waals surface area contributed by atoms with Gasteiger partial charge in [0.15, 0.2) is 0 Å². The summed E-state index contributed by atoms with van der Waals surface area (Å²) in [5.74, 6) is 0.753. The summed E-state index contributed by atoms with van der Waals surface area (Å²) < 4.78 is 5.34. The van der Waals surface area contributed by atoms with E-state index in [1.807, 2.05) is 12.1 Å². The number of hydrogen-bond donors (Lipinski definition) is 1. The zero-order valence-electron chi connectivity index (χ0n) is 12.1. The van der Waals surface area contributed by atoms with Crippen LogP contribution >= 0.6 is 11.6 Å². The van der Waals surface area contributed by atoms with Gasteiger partial charge in [0, 0.05) is 32.2 Å². The lowest BCUT2D eigenvalue weighted by atomic mass is 9.99. The molecule has 1 aromatic carbocycles. The summed E-state index contributed by atoms with van der Waals surface area (Å²) in [6.07, 6.45) is 4.08. The summed E-state index contributed by atoms with van der Waals surface area (Å²) in [4.78, 5) is 2.53. The lowest BCUT2D eigenvalue weighted by molar-refractivity contribution is 0.166. The first-order valence-corrected chi connectivity index (χ1v) is 7.53. The van der Waals surface area contributed by atoms with E-state index in [-0.39, 0.29) is 0 Å². The summed E-state index contributed by atoms with van der Waals surface area (Å²) in [5, 5.41) is 4.07. The molecule has 2 rings (SSSR count). The molecule has 4 heteroatoms. The van der Waals surface area contributed by atoms with Crippen LogP contribution in [0.5, 0.6) is 5.75 Å². The fraction of sp³-hybridized carbons (Fsp3) is 0.500. The monoisotopic (exact) mass is 294 g/mol. The Labute approximate surface area is 126 Å². The number of hydrogen-bond acceptors (Lipinski definition) is 3. The molecule has 1 aliphatic rings. The number of piperazine rings is 1. The highest BCUT2D eigenvalue weighted by atomic mass is 35.5. The average molecular weight is 295 g/mol. The van der Waals surface area contributed by atoms with E-state index in [0.717, 1.165) is 44.8 Å². The molecule has 0 spiro atoms. The average Bonchev–Trinajstić information content (AvgIpc) is 2.50. The minimum absolute atomic E-state index is 0.404. The Morgan fingerprint density at radius 3 is 2.85 bits per heavy atom. The molecular formula is C16H23ClN2O. The maximum Gasteiger partial charge on any atom is 0.137 e. The van der Waals surface area contributed by atoms with Crippen molar-refractivity contribution in [2.24, 2.45) is 0 Å². The van der Waals surface area contributed by atoms with Crippen LogP contribution in [0.4, 0.5) is 0 Å². The predicted octanol–water partition coefficient (Wildman–Crippen LogP) is 3.26. The Balaban J connectivity index is 2.22. The van der Waals surface area contributed by atoms with Gasteiger partial charge >= 0.3 is 0 Å². The first kappa shape index (κ1) is 15.4. The van der Waals surface area contributed by atoms with Crippen LogP contribution in [0, 0.1) is 0 Å². The molecule has 1 saturated heterocycles. The van der Waals surface area contributed by atoms with Crippen LogP contribution in [-0.2, 0) is 0 Å². The maximum atomic E-state index is 6.13. The molecule has 1 N–H and O–H groups in total. The molecule has 1 aromatic rings. The Bertz CT molecular complexity index is 444. The molecule has 3 nitrogen and oxygen atoms in total. The summed E-state index contributed by atoms with van der Waals surface area (Å²) in [5.41, 5.74) is 1.27. The normalized spacial score (nSPS) is 17.7. The molecule has 1 atom stereocenters. The standard InChI is InChI=1S/C16H23ClN2O/c1-3-4-5-15(19-10-8-18-9-11-19)13-6-7-14(17)16(12-13)20-2/h3,6-7,12,15,18H,1,4-5,8-11H2,2H3/t15-/m0/s1. The molecule has 20 heavy (non-hydrogen) atoms. The van der Waals surface area contributed by atoms with Crippen molar-refractivity contribution in [1.29, 1.82) is 0 Å². The van der Waals surface area contributed by atoms with E-state index in [9.17, 15) is 0 Å². The van der Waals surface area contributed by atoms with Crippen molar-refractivity contribution in [3.05, 3.63) is 41.4 Å². The highest BCUT2D eigenvalue weighted by molar-refractivity contribution is 6.32. The van der Waals surface area contributed by atoms with Crippen molar-refractivity contribution in [1.82, 2.24) is 10.2 Å². The quantitative estimate of drug-likeness (QED) is 0.815. The van der Waals surface area contributed by atoms with Crippen LogP contribution in [0.15, 0.2) is 30.9 Å². The molecule has 1 heterocycles. The maximum absolute atomic E-state index is 6.13. The molecule has 0 aliphatic carbocycles. The minimum Gasteiger partial charge on any atom is -0.495 e. The van der Waals surface area contributed by atoms with E-state index in [1.54, 1.807) is 7.11 Å². The van der Waals surface area contributed by atoms with Crippen molar-refractivity contribution in [3.63, 3.8) is 0 Å². The van der Waals surface area contributed by atoms with Gasteiger partial charge in [-0.2, -0.15) is 0 Å². The van der Waals surface area contributed by atoms with Crippen molar-refractivity contribution in [2.45, 2.75) is 18.9 Å². The fourth-order valence-corrected chi connectivity index (χ4v) is 2.91. The van der Waals surface area contributed by atoms with Gasteiger partial charge in [-0.3, -0.25) is 4.90 Å². The topological polar surface area (TPSA) is 24.5 Å². The highest BCUT2D eigenvalue weighted by Crippen LogP contribution is 2.32. The lowest BCUT2D eigenvalue weighted by Crippen LogP contribution is -2.45. The van der Waals surface area contributed by atoms with Gasteiger partial charge in [-0.05, 0) is 30.5 Å². The molecule has 1 aliphatic heterocycles. The van der Waals surface area contributed by atoms with Crippen LogP contribution in [0.25, 0.3) is 0 Å². The second-order valence-corrected chi connectivity index (χ2v) is 5.47. The molecule has 0 radical (unpaired) electrons. The first-order valence-electron chi connectivity index (χ1n) is 7.15. The van der Waals surface area contributed by atoms with Gasteiger partial charge in [0.2, 0.25) is 0 Å². The number of rotatable bonds is 6. The van der Waals surface area contributed by atoms with Gasteiger partial charge < -0.3 is 10.1 Å². The van der Waals surface area contributed by atoms with E-state index in [4.69, 9.17) is 16.3 Å². The number of ether oxygens (including phenoxy) is 1. The van der Waals surface area contributed by atoms with E-state index >= 15 is 0 Å². The summed E-state index contributed by atoms with van der Waals surface area (Å²) in [7, 11) is 1.66. The van der Waals surface area contributed by atoms with E-state index in [1.165, 1.54) is 5.56 Å². The Kier molecular flexibility index (Phi) is 5.89. The van der Waals surface area contributed by atoms with Gasteiger partial charge in [0.25, 0.3) is 0 Å². The third-order valence-corrected chi connectivity index (χ3v) is 4.11. The molecule has 0 aromatic heterocycles. The van der Waals surface area contributed by atoms with Gasteiger partial charge in [-0.25, -0.2) is 0 Å². The number of nitrogens with zero attached hydrogens (tertiary/aromatic N) is 1. The zero-order valence-corrected chi connectivity index (χ0v) is 12.8. The third kappa shape index (κ3) is 3.75. The minimum atomic E-state index is 0.404. The van der Waals surface area contributed by atoms with Crippen LogP contribution in [0.3, 0.4) is 0 Å². The van der Waals surface area contributed by atoms with Gasteiger partial charge in [0.1, 0.15) is 5.75 Å². The molecule has 1 fully saturated rings. The molecule has 0 unspecified atom stereocenters. The zero-order chi connectivity index (χ0) is 14.4. The molecule has 0 bridgehead atoms. The molecule has 0 saturated carbocycles. The number of methoxy groups -OCH3 is 1. The second-order valence-electron chi connectivity index (χ2n) is 5.06. The summed E-state index contributed by atoms with van der Waals surface area (Å²) >= 11 is 6.13. The Morgan fingerprint density at radius 1 is 1.45 bits per heavy atom. The smallest absolute Gasteiger partial charge is 0.137 e. The van der Waals surface area contributed by atoms with Crippen LogP contribution in [-0.4, -0.2) is 38.2 Å². The largest absolute Gasteiger partial charge is 0.495 e. The van der Waals surface area contributed by atoms with Gasteiger partial charge in [-0.1, -0.05) is 23.7 Å². The lowest BCUT2D eigenvalue weighted by Gasteiger charge is -2.35. The predicted molar refractivity (Wildman–Crippen MR) is 84.6 cm³/mol. The number of allylic oxidation sites excluding steroid dienone is 1. The van der Waals surface area contributed by atoms with Crippen molar-refractivity contribution < 1.29 is 4.74 Å². The summed E-state index contributed by atoms with van der Waals surface area (Å²) in [6, 6.07) is 6.51. The van der Waals surface area contributed by atoms with Crippen molar-refractivity contribution in [3.8, 4) is 5.75 Å². The van der Waals surface area contributed by atoms with E-state index in [2.05, 4.69) is 28.9 Å². The Hall–Kier alpha value is -1.03. The van der Waals surface area contributed by atoms with Crippen LogP contribution < -0.4 is 10.1 Å². The van der Waals surface area contributed by atoms with E-state index in [0.29, 0.717) is 11.1 Å². The van der Waals surface area contributed by atoms with Crippen molar-refractivity contribution >= 4 is 11.6 Å². The number of nitrogens with one attached hydrogen (secondary N) is 1. The molecular weight excluding hydrogens is 272 g/mol. The third-order valence-electron chi connectivity index (χ3n) is 3.80. The fourth-order valence-electron chi connectivity index (χ4n) is 2.71. The highest BCUT2D eigenvalue weighted by Gasteiger charge is 2.22. The SMILES string of the molecule is C=CCC[C@@H](c1ccc(Cl)c(OC)c1)N1CCNCC1. The first-order chi connectivity index (χ1) is 9.76. The molecule has 110 valence electrons. The summed E-state index contributed by atoms with van der Waals surface area (Å²) in [6.45, 7) is 8.10. The second kappa shape index (κ2) is 7.67. The van der Waals surface area contributed by atoms with Gasteiger partial charge in [-0.15, -0.1) is 6.58 Å². The number of benzene rings is 1. The molecule has 0 amide bonds. The van der Waals surface area contributed by atoms with Crippen LogP contribution in [0.1, 0.15) is 24.4 Å². The van der Waals surface area contributed by atoms with Gasteiger partial charge in [0.05, 0.1) is 12.1 Å². The Morgan fingerprint density at radius 2 is 2.20 bits per heavy atom.